The summed E-state index contributed by atoms with van der Waals surface area (Å²) in [5, 5.41) is 0. The van der Waals surface area contributed by atoms with Crippen LogP contribution in [-0.4, -0.2) is 22.4 Å². The first-order chi connectivity index (χ1) is 12.7. The van der Waals surface area contributed by atoms with Gasteiger partial charge in [-0.05, 0) is 47.7 Å². The van der Waals surface area contributed by atoms with E-state index in [1.807, 2.05) is 17.8 Å². The van der Waals surface area contributed by atoms with Crippen molar-refractivity contribution in [2.75, 3.05) is 7.05 Å². The fraction of sp³-hybridized carbons (Fsp3) is 0.217. The molecular weight excluding hydrogens is 318 g/mol. The molecule has 3 nitrogen and oxygen atoms in total. The zero-order chi connectivity index (χ0) is 17.9. The normalized spacial score (nSPS) is 16.5. The van der Waals surface area contributed by atoms with E-state index in [0.29, 0.717) is 5.92 Å². The summed E-state index contributed by atoms with van der Waals surface area (Å²) in [5.74, 6) is 0.595. The minimum Gasteiger partial charge on any atom is -0.239 e. The standard InChI is InChI=1S/C23H25N3/c1-24-13-3-4-20(17-24)16-19-5-7-21(8-6-19)22-9-11-23(12-10-22)26-15-14-25(2)18-26/h3,5-15,17-18,20H,4,16H2,1-2H3/q+2. The maximum Gasteiger partial charge on any atom is 0.248 e. The lowest BCUT2D eigenvalue weighted by molar-refractivity contribution is -0.670. The lowest BCUT2D eigenvalue weighted by atomic mass is 9.94. The Morgan fingerprint density at radius 2 is 1.65 bits per heavy atom. The van der Waals surface area contributed by atoms with E-state index in [-0.39, 0.29) is 0 Å². The Bertz CT molecular complexity index is 944. The zero-order valence-corrected chi connectivity index (χ0v) is 15.4. The molecule has 2 aromatic carbocycles. The first-order valence-electron chi connectivity index (χ1n) is 9.14. The number of allylic oxidation sites excluding steroid dienone is 1. The molecule has 0 fully saturated rings. The summed E-state index contributed by atoms with van der Waals surface area (Å²) in [6, 6.07) is 17.7. The highest BCUT2D eigenvalue weighted by atomic mass is 15.1. The Kier molecular flexibility index (Phi) is 4.53. The van der Waals surface area contributed by atoms with E-state index in [2.05, 4.69) is 95.7 Å². The highest BCUT2D eigenvalue weighted by Gasteiger charge is 2.13. The van der Waals surface area contributed by atoms with Gasteiger partial charge in [-0.2, -0.15) is 0 Å². The number of aryl methyl sites for hydroxylation is 1. The van der Waals surface area contributed by atoms with Gasteiger partial charge in [-0.1, -0.05) is 36.4 Å². The van der Waals surface area contributed by atoms with Gasteiger partial charge >= 0.3 is 0 Å². The Morgan fingerprint density at radius 3 is 2.27 bits per heavy atom. The highest BCUT2D eigenvalue weighted by Crippen LogP contribution is 2.23. The van der Waals surface area contributed by atoms with Crippen LogP contribution < -0.4 is 4.57 Å². The first kappa shape index (κ1) is 16.5. The number of benzene rings is 2. The molecule has 0 saturated carbocycles. The molecule has 130 valence electrons. The van der Waals surface area contributed by atoms with Crippen LogP contribution in [0.15, 0.2) is 79.5 Å². The topological polar surface area (TPSA) is 11.8 Å². The maximum atomic E-state index is 2.31. The largest absolute Gasteiger partial charge is 0.248 e. The number of nitrogens with zero attached hydrogens (tertiary/aromatic N) is 3. The van der Waals surface area contributed by atoms with Crippen molar-refractivity contribution in [3.8, 4) is 16.8 Å². The van der Waals surface area contributed by atoms with Crippen molar-refractivity contribution in [1.29, 1.82) is 0 Å². The molecule has 1 aromatic heterocycles. The minimum atomic E-state index is 0.595. The van der Waals surface area contributed by atoms with Crippen molar-refractivity contribution in [2.24, 2.45) is 13.0 Å². The van der Waals surface area contributed by atoms with Crippen LogP contribution in [0.25, 0.3) is 16.8 Å². The third-order valence-corrected chi connectivity index (χ3v) is 4.94. The van der Waals surface area contributed by atoms with E-state index < -0.39 is 0 Å². The second-order valence-corrected chi connectivity index (χ2v) is 7.13. The van der Waals surface area contributed by atoms with Gasteiger partial charge in [0.2, 0.25) is 6.33 Å². The monoisotopic (exact) mass is 343 g/mol. The van der Waals surface area contributed by atoms with Crippen LogP contribution in [0.3, 0.4) is 0 Å². The van der Waals surface area contributed by atoms with Gasteiger partial charge in [0.25, 0.3) is 0 Å². The van der Waals surface area contributed by atoms with Crippen LogP contribution in [-0.2, 0) is 13.5 Å². The summed E-state index contributed by atoms with van der Waals surface area (Å²) >= 11 is 0. The molecule has 4 rings (SSSR count). The summed E-state index contributed by atoms with van der Waals surface area (Å²) in [4.78, 5) is 0. The van der Waals surface area contributed by atoms with Gasteiger partial charge < -0.3 is 0 Å². The fourth-order valence-corrected chi connectivity index (χ4v) is 3.55. The van der Waals surface area contributed by atoms with E-state index in [1.165, 1.54) is 22.4 Å². The smallest absolute Gasteiger partial charge is 0.239 e. The van der Waals surface area contributed by atoms with Gasteiger partial charge in [0.05, 0.1) is 7.05 Å². The summed E-state index contributed by atoms with van der Waals surface area (Å²) in [6.07, 6.45) is 15.1. The molecule has 0 N–H and O–H groups in total. The average molecular weight is 343 g/mol. The summed E-state index contributed by atoms with van der Waals surface area (Å²) in [6.45, 7) is 0. The molecule has 0 radical (unpaired) electrons. The van der Waals surface area contributed by atoms with Crippen LogP contribution in [0.5, 0.6) is 0 Å². The second kappa shape index (κ2) is 7.12. The van der Waals surface area contributed by atoms with Crippen molar-refractivity contribution in [3.05, 3.63) is 85.1 Å². The third-order valence-electron chi connectivity index (χ3n) is 4.94. The molecule has 1 aliphatic heterocycles. The van der Waals surface area contributed by atoms with Gasteiger partial charge in [0.1, 0.15) is 31.3 Å². The highest BCUT2D eigenvalue weighted by molar-refractivity contribution is 5.65. The van der Waals surface area contributed by atoms with Gasteiger partial charge in [0.15, 0.2) is 6.20 Å². The Balaban J connectivity index is 1.47. The number of hydrogen-bond donors (Lipinski definition) is 0. The molecule has 1 unspecified atom stereocenters. The predicted molar refractivity (Wildman–Crippen MR) is 106 cm³/mol. The Labute approximate surface area is 155 Å². The van der Waals surface area contributed by atoms with Crippen molar-refractivity contribution in [3.63, 3.8) is 0 Å². The molecule has 1 aliphatic rings. The Morgan fingerprint density at radius 1 is 0.962 bits per heavy atom. The SMILES string of the molecule is C[N+]1=CC(Cc2ccc(-c3ccc(-n4cc[n+](C)c4)cc3)cc2)CC=C1. The van der Waals surface area contributed by atoms with Gasteiger partial charge in [0, 0.05) is 5.92 Å². The van der Waals surface area contributed by atoms with Gasteiger partial charge in [-0.25, -0.2) is 13.7 Å². The van der Waals surface area contributed by atoms with Crippen molar-refractivity contribution >= 4 is 6.21 Å². The number of hydrogen-bond acceptors (Lipinski definition) is 0. The van der Waals surface area contributed by atoms with Crippen molar-refractivity contribution in [2.45, 2.75) is 12.8 Å². The van der Waals surface area contributed by atoms with Crippen LogP contribution in [0.4, 0.5) is 0 Å². The molecule has 1 atom stereocenters. The Hall–Kier alpha value is -2.94. The molecule has 26 heavy (non-hydrogen) atoms. The van der Waals surface area contributed by atoms with Gasteiger partial charge in [-0.3, -0.25) is 0 Å². The maximum absolute atomic E-state index is 2.31. The molecule has 2 heterocycles. The molecule has 0 aliphatic carbocycles. The van der Waals surface area contributed by atoms with Crippen molar-refractivity contribution < 1.29 is 9.14 Å². The number of imidazole rings is 1. The van der Waals surface area contributed by atoms with Crippen molar-refractivity contribution in [1.82, 2.24) is 4.57 Å². The van der Waals surface area contributed by atoms with E-state index >= 15 is 0 Å². The lowest BCUT2D eigenvalue weighted by Gasteiger charge is -2.11. The average Bonchev–Trinajstić information content (AvgIpc) is 3.09. The summed E-state index contributed by atoms with van der Waals surface area (Å²) in [7, 11) is 4.13. The molecule has 0 spiro atoms. The molecule has 0 amide bonds. The number of rotatable bonds is 4. The van der Waals surface area contributed by atoms with E-state index in [9.17, 15) is 0 Å². The first-order valence-corrected chi connectivity index (χ1v) is 9.14. The molecule has 0 saturated heterocycles. The van der Waals surface area contributed by atoms with E-state index in [4.69, 9.17) is 0 Å². The fourth-order valence-electron chi connectivity index (χ4n) is 3.55. The third kappa shape index (κ3) is 3.67. The van der Waals surface area contributed by atoms with Crippen LogP contribution >= 0.6 is 0 Å². The molecule has 3 heteroatoms. The van der Waals surface area contributed by atoms with Crippen LogP contribution in [0.1, 0.15) is 12.0 Å². The summed E-state index contributed by atoms with van der Waals surface area (Å²) in [5.41, 5.74) is 5.10. The quantitative estimate of drug-likeness (QED) is 0.640. The predicted octanol–water partition coefficient (Wildman–Crippen LogP) is 3.76. The van der Waals surface area contributed by atoms with Crippen LogP contribution in [0.2, 0.25) is 0 Å². The second-order valence-electron chi connectivity index (χ2n) is 7.13. The molecule has 0 bridgehead atoms. The zero-order valence-electron chi connectivity index (χ0n) is 15.4. The molecule has 3 aromatic rings. The lowest BCUT2D eigenvalue weighted by Crippen LogP contribution is -2.23. The van der Waals surface area contributed by atoms with E-state index in [0.717, 1.165) is 12.8 Å². The molecular formula is C23H25N3+2. The minimum absolute atomic E-state index is 0.595. The van der Waals surface area contributed by atoms with Gasteiger partial charge in [-0.15, -0.1) is 0 Å². The number of aromatic nitrogens is 2. The summed E-state index contributed by atoms with van der Waals surface area (Å²) < 4.78 is 6.33. The van der Waals surface area contributed by atoms with Crippen LogP contribution in [0, 0.1) is 5.92 Å². The van der Waals surface area contributed by atoms with E-state index in [1.54, 1.807) is 0 Å².